The van der Waals surface area contributed by atoms with E-state index >= 15 is 4.39 Å². The predicted octanol–water partition coefficient (Wildman–Crippen LogP) is 3.70. The molecule has 4 aromatic heterocycles. The summed E-state index contributed by atoms with van der Waals surface area (Å²) in [6.07, 6.45) is 4.49. The number of rotatable bonds is 7. The van der Waals surface area contributed by atoms with Gasteiger partial charge in [-0.1, -0.05) is 6.92 Å². The number of anilines is 4. The van der Waals surface area contributed by atoms with Gasteiger partial charge in [-0.3, -0.25) is 9.58 Å². The van der Waals surface area contributed by atoms with E-state index < -0.39 is 15.8 Å². The van der Waals surface area contributed by atoms with E-state index in [1.807, 2.05) is 38.4 Å². The Hall–Kier alpha value is -3.61. The lowest BCUT2D eigenvalue weighted by Gasteiger charge is -2.22. The van der Waals surface area contributed by atoms with Crippen molar-refractivity contribution in [1.82, 2.24) is 34.5 Å². The Labute approximate surface area is 208 Å². The maximum atomic E-state index is 15.3. The van der Waals surface area contributed by atoms with Crippen LogP contribution in [-0.2, 0) is 9.84 Å². The maximum absolute atomic E-state index is 15.3. The smallest absolute Gasteiger partial charge is 0.255 e. The fourth-order valence-electron chi connectivity index (χ4n) is 4.41. The summed E-state index contributed by atoms with van der Waals surface area (Å²) in [7, 11) is -3.11. The lowest BCUT2D eigenvalue weighted by atomic mass is 10.1. The van der Waals surface area contributed by atoms with Crippen molar-refractivity contribution in [2.24, 2.45) is 5.92 Å². The SMILES string of the molecule is Cc1nn2c(F)c1N(c1cc3c(cn1)c(N[C@H](C)[C@H](C)CS(C)(=O)=O)nn3C(C)C)c1ccnc-2n1. The number of aryl methyl sites for hydroxylation is 1. The highest BCUT2D eigenvalue weighted by Crippen LogP contribution is 2.40. The molecule has 11 nitrogen and oxygen atoms in total. The van der Waals surface area contributed by atoms with Gasteiger partial charge in [-0.2, -0.15) is 24.3 Å². The van der Waals surface area contributed by atoms with Gasteiger partial charge in [-0.25, -0.2) is 18.4 Å². The maximum Gasteiger partial charge on any atom is 0.255 e. The summed E-state index contributed by atoms with van der Waals surface area (Å²) in [4.78, 5) is 14.9. The molecule has 0 amide bonds. The highest BCUT2D eigenvalue weighted by molar-refractivity contribution is 7.90. The summed E-state index contributed by atoms with van der Waals surface area (Å²) >= 11 is 0. The Morgan fingerprint density at radius 1 is 1.11 bits per heavy atom. The van der Waals surface area contributed by atoms with Crippen molar-refractivity contribution in [3.05, 3.63) is 36.2 Å². The summed E-state index contributed by atoms with van der Waals surface area (Å²) in [5.74, 6) is 1.08. The third-order valence-electron chi connectivity index (χ3n) is 6.32. The molecule has 0 spiro atoms. The molecule has 0 radical (unpaired) electrons. The van der Waals surface area contributed by atoms with E-state index in [1.54, 1.807) is 30.3 Å². The van der Waals surface area contributed by atoms with Crippen molar-refractivity contribution in [2.45, 2.75) is 46.7 Å². The molecule has 1 N–H and O–H groups in total. The summed E-state index contributed by atoms with van der Waals surface area (Å²) in [5, 5.41) is 13.2. The second kappa shape index (κ2) is 8.50. The molecule has 1 aliphatic rings. The van der Waals surface area contributed by atoms with Crippen molar-refractivity contribution >= 4 is 43.9 Å². The second-order valence-corrected chi connectivity index (χ2v) is 11.8. The fourth-order valence-corrected chi connectivity index (χ4v) is 5.66. The third kappa shape index (κ3) is 4.06. The largest absolute Gasteiger partial charge is 0.365 e. The van der Waals surface area contributed by atoms with Gasteiger partial charge in [0.2, 0.25) is 5.95 Å². The molecule has 4 bridgehead atoms. The molecule has 0 saturated heterocycles. The molecule has 0 fully saturated rings. The Morgan fingerprint density at radius 3 is 2.56 bits per heavy atom. The highest BCUT2D eigenvalue weighted by Gasteiger charge is 2.31. The Kier molecular flexibility index (Phi) is 5.69. The lowest BCUT2D eigenvalue weighted by Crippen LogP contribution is -2.29. The van der Waals surface area contributed by atoms with Crippen LogP contribution in [0.15, 0.2) is 24.5 Å². The van der Waals surface area contributed by atoms with E-state index in [4.69, 9.17) is 5.10 Å². The molecule has 5 heterocycles. The first kappa shape index (κ1) is 24.1. The number of halogens is 1. The Bertz CT molecular complexity index is 1580. The van der Waals surface area contributed by atoms with Gasteiger partial charge in [0.15, 0.2) is 5.82 Å². The van der Waals surface area contributed by atoms with Crippen LogP contribution in [0.3, 0.4) is 0 Å². The molecule has 2 atom stereocenters. The molecule has 0 saturated carbocycles. The molecule has 4 aromatic rings. The standard InChI is InChI=1S/C23H28FN9O2S/c1-12(2)32-17-9-19(26-10-16(17)22(30-32)27-14(4)13(3)11-36(6,34)35)31-18-7-8-25-23(28-18)33-21(24)20(31)15(5)29-33/h7-10,12-14H,11H2,1-6H3,(H,27,30)/t13-,14-/m1/s1. The van der Waals surface area contributed by atoms with Crippen molar-refractivity contribution < 1.29 is 12.8 Å². The van der Waals surface area contributed by atoms with Crippen molar-refractivity contribution in [2.75, 3.05) is 22.2 Å². The molecule has 0 aliphatic carbocycles. The van der Waals surface area contributed by atoms with Gasteiger partial charge in [0, 0.05) is 36.8 Å². The van der Waals surface area contributed by atoms with Gasteiger partial charge in [-0.15, -0.1) is 0 Å². The molecule has 36 heavy (non-hydrogen) atoms. The summed E-state index contributed by atoms with van der Waals surface area (Å²) < 4.78 is 41.8. The van der Waals surface area contributed by atoms with Crippen LogP contribution in [0.5, 0.6) is 0 Å². The van der Waals surface area contributed by atoms with Gasteiger partial charge >= 0.3 is 0 Å². The number of hydrogen-bond donors (Lipinski definition) is 1. The molecular weight excluding hydrogens is 485 g/mol. The van der Waals surface area contributed by atoms with Gasteiger partial charge < -0.3 is 5.32 Å². The third-order valence-corrected chi connectivity index (χ3v) is 7.45. The van der Waals surface area contributed by atoms with E-state index in [0.717, 1.165) is 15.6 Å². The minimum atomic E-state index is -3.11. The molecule has 0 aromatic carbocycles. The minimum Gasteiger partial charge on any atom is -0.365 e. The van der Waals surface area contributed by atoms with Crippen LogP contribution >= 0.6 is 0 Å². The molecular formula is C23H28FN9O2S. The predicted molar refractivity (Wildman–Crippen MR) is 136 cm³/mol. The van der Waals surface area contributed by atoms with E-state index in [1.165, 1.54) is 6.26 Å². The van der Waals surface area contributed by atoms with Gasteiger partial charge in [-0.05, 0) is 39.7 Å². The molecule has 1 aliphatic heterocycles. The number of nitrogens with one attached hydrogen (secondary N) is 1. The summed E-state index contributed by atoms with van der Waals surface area (Å²) in [6.45, 7) is 9.59. The summed E-state index contributed by atoms with van der Waals surface area (Å²) in [6, 6.07) is 3.42. The van der Waals surface area contributed by atoms with Crippen LogP contribution in [0.4, 0.5) is 27.5 Å². The number of aromatic nitrogens is 7. The number of sulfone groups is 1. The average Bonchev–Trinajstić information content (AvgIpc) is 3.28. The molecule has 5 rings (SSSR count). The average molecular weight is 514 g/mol. The Morgan fingerprint density at radius 2 is 1.86 bits per heavy atom. The molecule has 190 valence electrons. The van der Waals surface area contributed by atoms with Crippen LogP contribution in [0, 0.1) is 18.8 Å². The van der Waals surface area contributed by atoms with Crippen molar-refractivity contribution in [3.63, 3.8) is 0 Å². The van der Waals surface area contributed by atoms with Gasteiger partial charge in [0.05, 0.1) is 22.3 Å². The number of nitrogens with zero attached hydrogens (tertiary/aromatic N) is 8. The van der Waals surface area contributed by atoms with Crippen LogP contribution in [0.1, 0.15) is 39.4 Å². The number of hydrogen-bond acceptors (Lipinski definition) is 9. The van der Waals surface area contributed by atoms with Crippen molar-refractivity contribution in [3.8, 4) is 5.95 Å². The molecule has 13 heteroatoms. The summed E-state index contributed by atoms with van der Waals surface area (Å²) in [5.41, 5.74) is 1.54. The first-order valence-corrected chi connectivity index (χ1v) is 13.7. The topological polar surface area (TPSA) is 124 Å². The monoisotopic (exact) mass is 513 g/mol. The van der Waals surface area contributed by atoms with Crippen LogP contribution < -0.4 is 10.2 Å². The van der Waals surface area contributed by atoms with E-state index in [9.17, 15) is 8.42 Å². The minimum absolute atomic E-state index is 0.0260. The van der Waals surface area contributed by atoms with Crippen molar-refractivity contribution in [1.29, 1.82) is 0 Å². The first-order chi connectivity index (χ1) is 16.9. The Balaban J connectivity index is 1.60. The van der Waals surface area contributed by atoms with Crippen LogP contribution in [0.2, 0.25) is 0 Å². The zero-order chi connectivity index (χ0) is 25.9. The van der Waals surface area contributed by atoms with Gasteiger partial charge in [0.25, 0.3) is 5.95 Å². The fraction of sp³-hybridized carbons (Fsp3) is 0.435. The first-order valence-electron chi connectivity index (χ1n) is 11.7. The van der Waals surface area contributed by atoms with E-state index in [0.29, 0.717) is 23.1 Å². The zero-order valence-corrected chi connectivity index (χ0v) is 21.7. The highest BCUT2D eigenvalue weighted by atomic mass is 32.2. The van der Waals surface area contributed by atoms with Crippen LogP contribution in [0.25, 0.3) is 16.9 Å². The quantitative estimate of drug-likeness (QED) is 0.347. The second-order valence-electron chi connectivity index (χ2n) is 9.64. The van der Waals surface area contributed by atoms with Crippen LogP contribution in [-0.4, -0.2) is 61.0 Å². The number of pyridine rings is 1. The number of fused-ring (bicyclic) bond motifs is 6. The van der Waals surface area contributed by atoms with E-state index in [2.05, 4.69) is 25.4 Å². The van der Waals surface area contributed by atoms with E-state index in [-0.39, 0.29) is 35.4 Å². The normalized spacial score (nSPS) is 14.8. The lowest BCUT2D eigenvalue weighted by molar-refractivity contribution is 0.529. The zero-order valence-electron chi connectivity index (χ0n) is 20.9. The molecule has 0 unspecified atom stereocenters. The van der Waals surface area contributed by atoms with Gasteiger partial charge in [0.1, 0.15) is 27.2 Å².